The standard InChI is InChI=1S/C11H14Cl2N2OS/c1-6-2-7(14)5-15(4-6)11(16)8-3-9(12)17-10(8)13/h3,6-7H,2,4-5,14H2,1H3. The summed E-state index contributed by atoms with van der Waals surface area (Å²) in [6, 6.07) is 1.68. The molecule has 1 aromatic heterocycles. The van der Waals surface area contributed by atoms with Gasteiger partial charge in [0.25, 0.3) is 5.91 Å². The highest BCUT2D eigenvalue weighted by molar-refractivity contribution is 7.20. The number of hydrogen-bond donors (Lipinski definition) is 1. The van der Waals surface area contributed by atoms with Crippen molar-refractivity contribution in [3.8, 4) is 0 Å². The summed E-state index contributed by atoms with van der Waals surface area (Å²) in [4.78, 5) is 14.0. The Balaban J connectivity index is 2.17. The summed E-state index contributed by atoms with van der Waals surface area (Å²) >= 11 is 13.0. The molecule has 2 N–H and O–H groups in total. The van der Waals surface area contributed by atoms with Crippen LogP contribution in [0.15, 0.2) is 6.07 Å². The molecule has 1 fully saturated rings. The average molecular weight is 293 g/mol. The molecule has 17 heavy (non-hydrogen) atoms. The van der Waals surface area contributed by atoms with Crippen LogP contribution < -0.4 is 5.73 Å². The molecule has 0 bridgehead atoms. The summed E-state index contributed by atoms with van der Waals surface area (Å²) in [5, 5.41) is 0. The largest absolute Gasteiger partial charge is 0.337 e. The minimum Gasteiger partial charge on any atom is -0.337 e. The van der Waals surface area contributed by atoms with Crippen molar-refractivity contribution in [1.29, 1.82) is 0 Å². The Morgan fingerprint density at radius 3 is 2.76 bits per heavy atom. The van der Waals surface area contributed by atoms with Crippen molar-refractivity contribution in [3.05, 3.63) is 20.3 Å². The summed E-state index contributed by atoms with van der Waals surface area (Å²) in [6.45, 7) is 3.42. The molecule has 2 heterocycles. The van der Waals surface area contributed by atoms with E-state index in [0.29, 0.717) is 26.7 Å². The van der Waals surface area contributed by atoms with Crippen LogP contribution in [0.3, 0.4) is 0 Å². The van der Waals surface area contributed by atoms with Gasteiger partial charge < -0.3 is 10.6 Å². The van der Waals surface area contributed by atoms with Gasteiger partial charge in [-0.3, -0.25) is 4.79 Å². The number of hydrogen-bond acceptors (Lipinski definition) is 3. The van der Waals surface area contributed by atoms with Gasteiger partial charge in [0.15, 0.2) is 0 Å². The van der Waals surface area contributed by atoms with Crippen LogP contribution in [0.25, 0.3) is 0 Å². The third-order valence-electron chi connectivity index (χ3n) is 2.87. The number of nitrogens with zero attached hydrogens (tertiary/aromatic N) is 1. The summed E-state index contributed by atoms with van der Waals surface area (Å²) in [5.74, 6) is 0.357. The molecule has 0 aliphatic carbocycles. The van der Waals surface area contributed by atoms with Crippen molar-refractivity contribution >= 4 is 40.4 Å². The molecule has 94 valence electrons. The zero-order chi connectivity index (χ0) is 12.6. The van der Waals surface area contributed by atoms with Crippen LogP contribution in [0, 0.1) is 5.92 Å². The SMILES string of the molecule is CC1CC(N)CN(C(=O)c2cc(Cl)sc2Cl)C1. The minimum atomic E-state index is -0.0693. The number of likely N-dealkylation sites (tertiary alicyclic amines) is 1. The highest BCUT2D eigenvalue weighted by Gasteiger charge is 2.28. The second-order valence-electron chi connectivity index (χ2n) is 4.55. The average Bonchev–Trinajstić information content (AvgIpc) is 2.55. The van der Waals surface area contributed by atoms with Crippen molar-refractivity contribution in [3.63, 3.8) is 0 Å². The molecule has 1 saturated heterocycles. The lowest BCUT2D eigenvalue weighted by Crippen LogP contribution is -2.48. The third kappa shape index (κ3) is 2.94. The summed E-state index contributed by atoms with van der Waals surface area (Å²) in [5.41, 5.74) is 6.41. The molecule has 6 heteroatoms. The maximum Gasteiger partial charge on any atom is 0.256 e. The van der Waals surface area contributed by atoms with Gasteiger partial charge >= 0.3 is 0 Å². The second kappa shape index (κ2) is 5.14. The Morgan fingerprint density at radius 2 is 2.24 bits per heavy atom. The van der Waals surface area contributed by atoms with Crippen LogP contribution in [0.4, 0.5) is 0 Å². The quantitative estimate of drug-likeness (QED) is 0.865. The van der Waals surface area contributed by atoms with Crippen molar-refractivity contribution in [2.75, 3.05) is 13.1 Å². The maximum absolute atomic E-state index is 12.3. The summed E-state index contributed by atoms with van der Waals surface area (Å²) < 4.78 is 0.986. The van der Waals surface area contributed by atoms with E-state index in [2.05, 4.69) is 6.92 Å². The molecular formula is C11H14Cl2N2OS. The Morgan fingerprint density at radius 1 is 1.53 bits per heavy atom. The number of carbonyl (C=O) groups is 1. The smallest absolute Gasteiger partial charge is 0.256 e. The first-order chi connectivity index (χ1) is 7.97. The number of nitrogens with two attached hydrogens (primary N) is 1. The zero-order valence-electron chi connectivity index (χ0n) is 9.45. The fourth-order valence-corrected chi connectivity index (χ4v) is 3.67. The van der Waals surface area contributed by atoms with E-state index < -0.39 is 0 Å². The molecule has 1 aliphatic heterocycles. The van der Waals surface area contributed by atoms with Gasteiger partial charge in [0.05, 0.1) is 9.90 Å². The highest BCUT2D eigenvalue weighted by atomic mass is 35.5. The molecule has 2 unspecified atom stereocenters. The normalized spacial score (nSPS) is 25.1. The van der Waals surface area contributed by atoms with Gasteiger partial charge in [0.1, 0.15) is 4.34 Å². The summed E-state index contributed by atoms with van der Waals surface area (Å²) in [6.07, 6.45) is 0.960. The van der Waals surface area contributed by atoms with Crippen molar-refractivity contribution < 1.29 is 4.79 Å². The van der Waals surface area contributed by atoms with E-state index in [-0.39, 0.29) is 11.9 Å². The molecule has 1 aromatic rings. The Kier molecular flexibility index (Phi) is 3.98. The van der Waals surface area contributed by atoms with Crippen LogP contribution in [-0.2, 0) is 0 Å². The van der Waals surface area contributed by atoms with Gasteiger partial charge in [-0.05, 0) is 18.4 Å². The van der Waals surface area contributed by atoms with E-state index in [1.807, 2.05) is 0 Å². The topological polar surface area (TPSA) is 46.3 Å². The number of carbonyl (C=O) groups excluding carboxylic acids is 1. The van der Waals surface area contributed by atoms with Crippen LogP contribution in [0.1, 0.15) is 23.7 Å². The van der Waals surface area contributed by atoms with E-state index in [0.717, 1.165) is 13.0 Å². The van der Waals surface area contributed by atoms with Crippen molar-refractivity contribution in [2.45, 2.75) is 19.4 Å². The molecule has 0 radical (unpaired) electrons. The van der Waals surface area contributed by atoms with E-state index in [9.17, 15) is 4.79 Å². The molecule has 0 saturated carbocycles. The maximum atomic E-state index is 12.3. The zero-order valence-corrected chi connectivity index (χ0v) is 11.8. The number of piperidine rings is 1. The van der Waals surface area contributed by atoms with Gasteiger partial charge in [-0.2, -0.15) is 0 Å². The third-order valence-corrected chi connectivity index (χ3v) is 4.35. The Labute approximate surface area is 114 Å². The van der Waals surface area contributed by atoms with Gasteiger partial charge in [0, 0.05) is 19.1 Å². The van der Waals surface area contributed by atoms with Crippen LogP contribution in [0.5, 0.6) is 0 Å². The van der Waals surface area contributed by atoms with E-state index in [1.54, 1.807) is 11.0 Å². The van der Waals surface area contributed by atoms with E-state index in [1.165, 1.54) is 11.3 Å². The molecule has 0 aromatic carbocycles. The van der Waals surface area contributed by atoms with Crippen LogP contribution in [0.2, 0.25) is 8.67 Å². The van der Waals surface area contributed by atoms with Gasteiger partial charge in [0.2, 0.25) is 0 Å². The predicted octanol–water partition coefficient (Wildman–Crippen LogP) is 2.86. The first-order valence-electron chi connectivity index (χ1n) is 5.47. The van der Waals surface area contributed by atoms with Gasteiger partial charge in [-0.25, -0.2) is 0 Å². The first kappa shape index (κ1) is 13.1. The van der Waals surface area contributed by atoms with Gasteiger partial charge in [-0.1, -0.05) is 30.1 Å². The van der Waals surface area contributed by atoms with Crippen molar-refractivity contribution in [2.24, 2.45) is 11.7 Å². The molecular weight excluding hydrogens is 279 g/mol. The van der Waals surface area contributed by atoms with Crippen molar-refractivity contribution in [1.82, 2.24) is 4.90 Å². The van der Waals surface area contributed by atoms with E-state index in [4.69, 9.17) is 28.9 Å². The molecule has 2 atom stereocenters. The number of rotatable bonds is 1. The lowest BCUT2D eigenvalue weighted by molar-refractivity contribution is 0.0661. The first-order valence-corrected chi connectivity index (χ1v) is 7.04. The number of amides is 1. The fourth-order valence-electron chi connectivity index (χ4n) is 2.22. The second-order valence-corrected chi connectivity index (χ2v) is 6.83. The highest BCUT2D eigenvalue weighted by Crippen LogP contribution is 2.32. The monoisotopic (exact) mass is 292 g/mol. The molecule has 1 aliphatic rings. The minimum absolute atomic E-state index is 0.0515. The lowest BCUT2D eigenvalue weighted by atomic mass is 9.96. The number of thiophene rings is 1. The molecule has 0 spiro atoms. The van der Waals surface area contributed by atoms with Gasteiger partial charge in [-0.15, -0.1) is 11.3 Å². The predicted molar refractivity (Wildman–Crippen MR) is 72.0 cm³/mol. The molecule has 2 rings (SSSR count). The Hall–Kier alpha value is -0.290. The molecule has 3 nitrogen and oxygen atoms in total. The summed E-state index contributed by atoms with van der Waals surface area (Å²) in [7, 11) is 0. The lowest BCUT2D eigenvalue weighted by Gasteiger charge is -2.34. The van der Waals surface area contributed by atoms with E-state index >= 15 is 0 Å². The number of halogens is 2. The molecule has 1 amide bonds. The van der Waals surface area contributed by atoms with Crippen LogP contribution >= 0.6 is 34.5 Å². The van der Waals surface area contributed by atoms with Crippen LogP contribution in [-0.4, -0.2) is 29.9 Å². The Bertz CT molecular complexity index is 425. The fraction of sp³-hybridized carbons (Fsp3) is 0.545.